The van der Waals surface area contributed by atoms with Crippen LogP contribution in [0.4, 0.5) is 0 Å². The van der Waals surface area contributed by atoms with Crippen molar-refractivity contribution in [2.45, 2.75) is 147 Å². The van der Waals surface area contributed by atoms with Gasteiger partial charge in [0.2, 0.25) is 0 Å². The molecule has 3 saturated heterocycles. The van der Waals surface area contributed by atoms with Crippen LogP contribution in [0.5, 0.6) is 0 Å². The molecule has 0 spiro atoms. The van der Waals surface area contributed by atoms with Crippen molar-refractivity contribution < 1.29 is 38.3 Å². The zero-order valence-electron chi connectivity index (χ0n) is 27.7. The second-order valence-corrected chi connectivity index (χ2v) is 14.4. The first-order valence-corrected chi connectivity index (χ1v) is 18.8. The van der Waals surface area contributed by atoms with Crippen molar-refractivity contribution in [1.82, 2.24) is 0 Å². The number of carboxylic acid groups (broad SMARTS) is 1. The minimum Gasteiger partial charge on any atom is -0.481 e. The first-order valence-electron chi connectivity index (χ1n) is 17.9. The summed E-state index contributed by atoms with van der Waals surface area (Å²) in [5.41, 5.74) is 1.39. The van der Waals surface area contributed by atoms with Gasteiger partial charge in [0.05, 0.1) is 18.3 Å². The minimum atomic E-state index is -0.746. The van der Waals surface area contributed by atoms with Crippen molar-refractivity contribution in [3.63, 3.8) is 0 Å². The molecule has 4 aliphatic rings. The molecule has 8 nitrogen and oxygen atoms in total. The molecule has 8 atom stereocenters. The Morgan fingerprint density at radius 1 is 0.957 bits per heavy atom. The number of ether oxygens (including phenoxy) is 6. The fourth-order valence-electron chi connectivity index (χ4n) is 7.18. The number of allylic oxidation sites excluding steroid dienone is 2. The highest BCUT2D eigenvalue weighted by Crippen LogP contribution is 2.42. The smallest absolute Gasteiger partial charge is 0.303 e. The van der Waals surface area contributed by atoms with E-state index in [9.17, 15) is 4.79 Å². The molecule has 0 bridgehead atoms. The number of carbonyl (C=O) groups is 1. The van der Waals surface area contributed by atoms with Gasteiger partial charge in [-0.25, -0.2) is 0 Å². The van der Waals surface area contributed by atoms with Gasteiger partial charge in [0.15, 0.2) is 18.9 Å². The first kappa shape index (κ1) is 35.7. The summed E-state index contributed by atoms with van der Waals surface area (Å²) in [6, 6.07) is 2.23. The van der Waals surface area contributed by atoms with Crippen LogP contribution < -0.4 is 0 Å². The van der Waals surface area contributed by atoms with Crippen LogP contribution in [0.2, 0.25) is 0 Å². The molecule has 1 aromatic heterocycles. The third kappa shape index (κ3) is 11.5. The summed E-state index contributed by atoms with van der Waals surface area (Å²) in [5.74, 6) is -0.439. The number of unbranched alkanes of at least 4 members (excludes halogenated alkanes) is 1. The van der Waals surface area contributed by atoms with Gasteiger partial charge in [0.25, 0.3) is 0 Å². The molecule has 4 fully saturated rings. The Morgan fingerprint density at radius 3 is 2.24 bits per heavy atom. The van der Waals surface area contributed by atoms with Crippen LogP contribution in [0.15, 0.2) is 35.8 Å². The predicted octanol–water partition coefficient (Wildman–Crippen LogP) is 8.12. The third-order valence-corrected chi connectivity index (χ3v) is 10.7. The quantitative estimate of drug-likeness (QED) is 0.132. The topological polar surface area (TPSA) is 92.7 Å². The highest BCUT2D eigenvalue weighted by atomic mass is 32.1. The van der Waals surface area contributed by atoms with E-state index in [1.807, 2.05) is 0 Å². The maximum atomic E-state index is 11.0. The SMILES string of the molecule is Cc1sccc1CCC(/C=C/[C@@H]1[C@@H](C/C=C\CCCC(=O)O)[C@@H](OC2CCCCO2)C[C@H]1OC1CCCCO1)O[C@H]1CCCCO1. The number of rotatable bonds is 17. The van der Waals surface area contributed by atoms with Gasteiger partial charge in [-0.3, -0.25) is 4.79 Å². The van der Waals surface area contributed by atoms with E-state index in [0.29, 0.717) is 6.42 Å². The standard InChI is InChI=1S/C37H56O8S/c1-27-28(21-25-46-27)17-18-29(43-35-14-6-9-22-40-35)19-20-31-30(12-4-2-3-5-13-34(38)39)32(44-36-15-7-10-23-41-36)26-33(31)45-37-16-8-11-24-42-37/h2,4,19-21,25,29-33,35-37H,3,5-18,22-24,26H2,1H3,(H,38,39)/b4-2-,20-19+/t29?,30-,31-,32+,33-,35+,36?,37?/m1/s1. The second-order valence-electron chi connectivity index (χ2n) is 13.3. The number of carboxylic acids is 1. The van der Waals surface area contributed by atoms with E-state index in [2.05, 4.69) is 42.7 Å². The summed E-state index contributed by atoms with van der Waals surface area (Å²) in [4.78, 5) is 12.4. The lowest BCUT2D eigenvalue weighted by atomic mass is 9.89. The number of hydrogen-bond donors (Lipinski definition) is 1. The lowest BCUT2D eigenvalue weighted by Crippen LogP contribution is -2.31. The van der Waals surface area contributed by atoms with E-state index in [1.165, 1.54) is 10.4 Å². The van der Waals surface area contributed by atoms with Crippen LogP contribution >= 0.6 is 11.3 Å². The summed E-state index contributed by atoms with van der Waals surface area (Å²) >= 11 is 1.80. The van der Waals surface area contributed by atoms with Crippen LogP contribution in [-0.4, -0.2) is 68.1 Å². The molecule has 3 unspecified atom stereocenters. The molecule has 4 heterocycles. The zero-order valence-corrected chi connectivity index (χ0v) is 28.5. The van der Waals surface area contributed by atoms with Crippen molar-refractivity contribution in [3.05, 3.63) is 46.2 Å². The molecule has 3 aliphatic heterocycles. The molecule has 1 aliphatic carbocycles. The average Bonchev–Trinajstić information content (AvgIpc) is 3.63. The minimum absolute atomic E-state index is 0.00971. The summed E-state index contributed by atoms with van der Waals surface area (Å²) < 4.78 is 38.2. The molecule has 1 saturated carbocycles. The van der Waals surface area contributed by atoms with Gasteiger partial charge in [0, 0.05) is 43.5 Å². The van der Waals surface area contributed by atoms with Gasteiger partial charge in [0.1, 0.15) is 0 Å². The molecule has 258 valence electrons. The molecule has 46 heavy (non-hydrogen) atoms. The van der Waals surface area contributed by atoms with E-state index in [1.54, 1.807) is 11.3 Å². The Kier molecular flexibility index (Phi) is 15.1. The van der Waals surface area contributed by atoms with Crippen molar-refractivity contribution >= 4 is 17.3 Å². The molecule has 9 heteroatoms. The Morgan fingerprint density at radius 2 is 1.63 bits per heavy atom. The largest absolute Gasteiger partial charge is 0.481 e. The highest BCUT2D eigenvalue weighted by molar-refractivity contribution is 7.10. The van der Waals surface area contributed by atoms with Crippen molar-refractivity contribution in [2.24, 2.45) is 11.8 Å². The van der Waals surface area contributed by atoms with Gasteiger partial charge in [-0.05, 0) is 120 Å². The molecule has 1 N–H and O–H groups in total. The maximum absolute atomic E-state index is 11.0. The van der Waals surface area contributed by atoms with Crippen LogP contribution in [0.25, 0.3) is 0 Å². The van der Waals surface area contributed by atoms with Crippen LogP contribution in [0, 0.1) is 18.8 Å². The van der Waals surface area contributed by atoms with E-state index < -0.39 is 5.97 Å². The molecule has 5 rings (SSSR count). The highest BCUT2D eigenvalue weighted by Gasteiger charge is 2.45. The van der Waals surface area contributed by atoms with Crippen LogP contribution in [-0.2, 0) is 39.6 Å². The van der Waals surface area contributed by atoms with Crippen molar-refractivity contribution in [2.75, 3.05) is 19.8 Å². The molecular weight excluding hydrogens is 604 g/mol. The Balaban J connectivity index is 1.34. The lowest BCUT2D eigenvalue weighted by molar-refractivity contribution is -0.203. The average molecular weight is 661 g/mol. The molecule has 0 amide bonds. The number of aliphatic carboxylic acids is 1. The van der Waals surface area contributed by atoms with Gasteiger partial charge in [-0.15, -0.1) is 11.3 Å². The van der Waals surface area contributed by atoms with Crippen molar-refractivity contribution in [3.8, 4) is 0 Å². The summed E-state index contributed by atoms with van der Waals surface area (Å²) in [5, 5.41) is 11.2. The Bertz CT molecular complexity index is 1070. The van der Waals surface area contributed by atoms with Crippen LogP contribution in [0.1, 0.15) is 107 Å². The number of hydrogen-bond acceptors (Lipinski definition) is 8. The summed E-state index contributed by atoms with van der Waals surface area (Å²) in [6.07, 6.45) is 22.8. The normalized spacial score (nSPS) is 31.5. The third-order valence-electron chi connectivity index (χ3n) is 9.81. The van der Waals surface area contributed by atoms with Gasteiger partial charge < -0.3 is 33.5 Å². The Labute approximate surface area is 279 Å². The zero-order chi connectivity index (χ0) is 32.0. The first-order chi connectivity index (χ1) is 22.5. The van der Waals surface area contributed by atoms with E-state index in [4.69, 9.17) is 33.5 Å². The number of aryl methyl sites for hydroxylation is 2. The van der Waals surface area contributed by atoms with Gasteiger partial charge in [-0.1, -0.05) is 24.3 Å². The Hall–Kier alpha value is -1.59. The van der Waals surface area contributed by atoms with Gasteiger partial charge in [-0.2, -0.15) is 0 Å². The molecular formula is C37H56O8S. The second kappa shape index (κ2) is 19.4. The van der Waals surface area contributed by atoms with Gasteiger partial charge >= 0.3 is 5.97 Å². The van der Waals surface area contributed by atoms with Crippen molar-refractivity contribution in [1.29, 1.82) is 0 Å². The fourth-order valence-corrected chi connectivity index (χ4v) is 7.93. The predicted molar refractivity (Wildman–Crippen MR) is 179 cm³/mol. The molecule has 1 aromatic rings. The fraction of sp³-hybridized carbons (Fsp3) is 0.757. The van der Waals surface area contributed by atoms with E-state index in [-0.39, 0.29) is 55.4 Å². The lowest BCUT2D eigenvalue weighted by Gasteiger charge is -2.30. The molecule has 0 aromatic carbocycles. The summed E-state index contributed by atoms with van der Waals surface area (Å²) in [7, 11) is 0. The summed E-state index contributed by atoms with van der Waals surface area (Å²) in [6.45, 7) is 4.44. The number of thiophene rings is 1. The molecule has 0 radical (unpaired) electrons. The monoisotopic (exact) mass is 660 g/mol. The van der Waals surface area contributed by atoms with E-state index >= 15 is 0 Å². The maximum Gasteiger partial charge on any atom is 0.303 e. The van der Waals surface area contributed by atoms with E-state index in [0.717, 1.165) is 110 Å². The van der Waals surface area contributed by atoms with Crippen LogP contribution in [0.3, 0.4) is 0 Å².